The van der Waals surface area contributed by atoms with Crippen molar-refractivity contribution in [3.05, 3.63) is 75.5 Å². The van der Waals surface area contributed by atoms with Crippen molar-refractivity contribution < 1.29 is 14.0 Å². The highest BCUT2D eigenvalue weighted by Gasteiger charge is 2.19. The van der Waals surface area contributed by atoms with Crippen LogP contribution in [0.2, 0.25) is 5.02 Å². The molecule has 144 valence electrons. The van der Waals surface area contributed by atoms with Crippen LogP contribution in [-0.2, 0) is 11.2 Å². The quantitative estimate of drug-likeness (QED) is 0.639. The summed E-state index contributed by atoms with van der Waals surface area (Å²) in [6.45, 7) is 1.55. The van der Waals surface area contributed by atoms with E-state index in [-0.39, 0.29) is 22.9 Å². The van der Waals surface area contributed by atoms with Crippen molar-refractivity contribution in [1.29, 1.82) is 0 Å². The maximum absolute atomic E-state index is 13.7. The Morgan fingerprint density at radius 2 is 1.86 bits per heavy atom. The molecule has 0 spiro atoms. The minimum absolute atomic E-state index is 0.273. The highest BCUT2D eigenvalue weighted by molar-refractivity contribution is 7.15. The molecular weight excluding hydrogens is 403 g/mol. The zero-order valence-corrected chi connectivity index (χ0v) is 16.4. The monoisotopic (exact) mass is 418 g/mol. The van der Waals surface area contributed by atoms with Crippen LogP contribution in [0.5, 0.6) is 0 Å². The predicted octanol–water partition coefficient (Wildman–Crippen LogP) is 3.68. The van der Waals surface area contributed by atoms with Crippen LogP contribution < -0.4 is 10.6 Å². The van der Waals surface area contributed by atoms with E-state index in [1.807, 2.05) is 0 Å². The third-order valence-electron chi connectivity index (χ3n) is 3.86. The number of hydrogen-bond acceptors (Lipinski definition) is 5. The van der Waals surface area contributed by atoms with Crippen molar-refractivity contribution in [2.24, 2.45) is 0 Å². The average molecular weight is 419 g/mol. The fraction of sp³-hybridized carbons (Fsp3) is 0.158. The van der Waals surface area contributed by atoms with Crippen molar-refractivity contribution in [3.8, 4) is 0 Å². The molecule has 0 aliphatic rings. The third kappa shape index (κ3) is 4.90. The van der Waals surface area contributed by atoms with Gasteiger partial charge in [0.1, 0.15) is 16.9 Å². The van der Waals surface area contributed by atoms with E-state index in [1.165, 1.54) is 6.07 Å². The van der Waals surface area contributed by atoms with E-state index in [0.29, 0.717) is 15.6 Å². The Bertz CT molecular complexity index is 1010. The van der Waals surface area contributed by atoms with Gasteiger partial charge < -0.3 is 5.32 Å². The number of halogens is 2. The van der Waals surface area contributed by atoms with Gasteiger partial charge in [-0.1, -0.05) is 53.3 Å². The molecule has 0 aliphatic heterocycles. The summed E-state index contributed by atoms with van der Waals surface area (Å²) in [7, 11) is 0. The van der Waals surface area contributed by atoms with Crippen LogP contribution in [0.25, 0.3) is 0 Å². The van der Waals surface area contributed by atoms with E-state index >= 15 is 0 Å². The molecule has 3 rings (SSSR count). The van der Waals surface area contributed by atoms with Crippen molar-refractivity contribution >= 4 is 39.9 Å². The van der Waals surface area contributed by atoms with Gasteiger partial charge in [0.15, 0.2) is 0 Å². The smallest absolute Gasteiger partial charge is 0.253 e. The maximum atomic E-state index is 13.7. The summed E-state index contributed by atoms with van der Waals surface area (Å²) in [4.78, 5) is 24.5. The van der Waals surface area contributed by atoms with E-state index in [9.17, 15) is 14.0 Å². The summed E-state index contributed by atoms with van der Waals surface area (Å²) < 4.78 is 13.7. The van der Waals surface area contributed by atoms with Crippen molar-refractivity contribution in [3.63, 3.8) is 0 Å². The molecule has 2 amide bonds. The second-order valence-electron chi connectivity index (χ2n) is 5.93. The first-order chi connectivity index (χ1) is 13.4. The SMILES string of the molecule is CC(NC(=O)c1ccccc1Cl)C(=O)Nc1nnc(Cc2ccccc2F)s1. The predicted molar refractivity (Wildman–Crippen MR) is 106 cm³/mol. The van der Waals surface area contributed by atoms with Crippen molar-refractivity contribution in [2.75, 3.05) is 5.32 Å². The Hall–Kier alpha value is -2.84. The van der Waals surface area contributed by atoms with Gasteiger partial charge >= 0.3 is 0 Å². The Morgan fingerprint density at radius 1 is 1.14 bits per heavy atom. The van der Waals surface area contributed by atoms with Crippen LogP contribution >= 0.6 is 22.9 Å². The second kappa shape index (κ2) is 8.90. The number of carbonyl (C=O) groups is 2. The van der Waals surface area contributed by atoms with Crippen LogP contribution in [-0.4, -0.2) is 28.1 Å². The number of nitrogens with one attached hydrogen (secondary N) is 2. The zero-order chi connectivity index (χ0) is 20.1. The van der Waals surface area contributed by atoms with E-state index in [2.05, 4.69) is 20.8 Å². The Morgan fingerprint density at radius 3 is 2.61 bits per heavy atom. The Balaban J connectivity index is 1.59. The van der Waals surface area contributed by atoms with E-state index < -0.39 is 17.9 Å². The van der Waals surface area contributed by atoms with Gasteiger partial charge in [0, 0.05) is 6.42 Å². The van der Waals surface area contributed by atoms with Crippen LogP contribution in [0.4, 0.5) is 9.52 Å². The fourth-order valence-corrected chi connectivity index (χ4v) is 3.37. The molecule has 2 aromatic carbocycles. The molecular formula is C19H16ClFN4O2S. The van der Waals surface area contributed by atoms with Gasteiger partial charge in [-0.3, -0.25) is 14.9 Å². The number of aromatic nitrogens is 2. The third-order valence-corrected chi connectivity index (χ3v) is 5.02. The number of amides is 2. The average Bonchev–Trinajstić information content (AvgIpc) is 3.10. The fourth-order valence-electron chi connectivity index (χ4n) is 2.38. The largest absolute Gasteiger partial charge is 0.340 e. The van der Waals surface area contributed by atoms with Crippen LogP contribution in [0.3, 0.4) is 0 Å². The van der Waals surface area contributed by atoms with Gasteiger partial charge in [0.2, 0.25) is 11.0 Å². The molecule has 1 unspecified atom stereocenters. The highest BCUT2D eigenvalue weighted by atomic mass is 35.5. The Labute approximate surface area is 169 Å². The van der Waals surface area contributed by atoms with Crippen LogP contribution in [0.15, 0.2) is 48.5 Å². The van der Waals surface area contributed by atoms with Crippen LogP contribution in [0, 0.1) is 5.82 Å². The van der Waals surface area contributed by atoms with Gasteiger partial charge in [-0.05, 0) is 30.7 Å². The normalized spacial score (nSPS) is 11.7. The molecule has 0 saturated heterocycles. The number of rotatable bonds is 6. The van der Waals surface area contributed by atoms with Crippen molar-refractivity contribution in [1.82, 2.24) is 15.5 Å². The first-order valence-corrected chi connectivity index (χ1v) is 9.55. The number of hydrogen-bond donors (Lipinski definition) is 2. The second-order valence-corrected chi connectivity index (χ2v) is 7.40. The molecule has 1 atom stereocenters. The van der Waals surface area contributed by atoms with Gasteiger partial charge in [-0.15, -0.1) is 10.2 Å². The molecule has 1 heterocycles. The molecule has 0 aliphatic carbocycles. The molecule has 9 heteroatoms. The minimum atomic E-state index is -0.817. The lowest BCUT2D eigenvalue weighted by molar-refractivity contribution is -0.117. The number of anilines is 1. The first kappa shape index (κ1) is 19.9. The minimum Gasteiger partial charge on any atom is -0.340 e. The van der Waals surface area contributed by atoms with E-state index in [0.717, 1.165) is 11.3 Å². The number of carbonyl (C=O) groups excluding carboxylic acids is 2. The van der Waals surface area contributed by atoms with Gasteiger partial charge in [-0.2, -0.15) is 0 Å². The summed E-state index contributed by atoms with van der Waals surface area (Å²) in [5.41, 5.74) is 0.781. The topological polar surface area (TPSA) is 84.0 Å². The van der Waals surface area contributed by atoms with Crippen LogP contribution in [0.1, 0.15) is 27.9 Å². The number of benzene rings is 2. The highest BCUT2D eigenvalue weighted by Crippen LogP contribution is 2.20. The number of nitrogens with zero attached hydrogens (tertiary/aromatic N) is 2. The summed E-state index contributed by atoms with van der Waals surface area (Å²) in [6.07, 6.45) is 0.277. The lowest BCUT2D eigenvalue weighted by atomic mass is 10.1. The summed E-state index contributed by atoms with van der Waals surface area (Å²) >= 11 is 7.13. The maximum Gasteiger partial charge on any atom is 0.253 e. The lowest BCUT2D eigenvalue weighted by Gasteiger charge is -2.13. The van der Waals surface area contributed by atoms with Gasteiger partial charge in [0.25, 0.3) is 5.91 Å². The van der Waals surface area contributed by atoms with Gasteiger partial charge in [-0.25, -0.2) is 4.39 Å². The molecule has 28 heavy (non-hydrogen) atoms. The molecule has 0 fully saturated rings. The lowest BCUT2D eigenvalue weighted by Crippen LogP contribution is -2.41. The molecule has 0 saturated carbocycles. The molecule has 1 aromatic heterocycles. The van der Waals surface area contributed by atoms with Crippen molar-refractivity contribution in [2.45, 2.75) is 19.4 Å². The Kier molecular flexibility index (Phi) is 6.33. The standard InChI is InChI=1S/C19H16ClFN4O2S/c1-11(22-18(27)13-7-3-4-8-14(13)20)17(26)23-19-25-24-16(28-19)10-12-6-2-5-9-15(12)21/h2-9,11H,10H2,1H3,(H,22,27)(H,23,25,26). The molecule has 2 N–H and O–H groups in total. The summed E-state index contributed by atoms with van der Waals surface area (Å²) in [5.74, 6) is -1.22. The zero-order valence-electron chi connectivity index (χ0n) is 14.8. The van der Waals surface area contributed by atoms with E-state index in [1.54, 1.807) is 49.4 Å². The van der Waals surface area contributed by atoms with Gasteiger partial charge in [0.05, 0.1) is 10.6 Å². The molecule has 0 radical (unpaired) electrons. The summed E-state index contributed by atoms with van der Waals surface area (Å²) in [6, 6.07) is 12.1. The summed E-state index contributed by atoms with van der Waals surface area (Å²) in [5, 5.41) is 14.2. The molecule has 6 nitrogen and oxygen atoms in total. The molecule has 0 bridgehead atoms. The molecule has 3 aromatic rings. The van der Waals surface area contributed by atoms with E-state index in [4.69, 9.17) is 11.6 Å². The first-order valence-electron chi connectivity index (χ1n) is 8.36.